The molecule has 2 rings (SSSR count). The van der Waals surface area contributed by atoms with Gasteiger partial charge in [0, 0.05) is 13.2 Å². The zero-order valence-corrected chi connectivity index (χ0v) is 16.5. The number of nitrogens with zero attached hydrogens (tertiary/aromatic N) is 2. The van der Waals surface area contributed by atoms with Crippen LogP contribution in [0.1, 0.15) is 24.3 Å². The van der Waals surface area contributed by atoms with Gasteiger partial charge in [0.25, 0.3) is 17.4 Å². The number of nitrogens with one attached hydrogen (secondary N) is 2. The molecule has 0 spiro atoms. The van der Waals surface area contributed by atoms with Crippen LogP contribution in [0.4, 0.5) is 0 Å². The molecule has 156 valence electrons. The summed E-state index contributed by atoms with van der Waals surface area (Å²) in [6.45, 7) is 4.46. The van der Waals surface area contributed by atoms with Crippen LogP contribution in [0.15, 0.2) is 41.2 Å². The summed E-state index contributed by atoms with van der Waals surface area (Å²) in [6, 6.07) is 9.32. The number of hydrazine groups is 1. The van der Waals surface area contributed by atoms with Crippen molar-refractivity contribution in [2.75, 3.05) is 20.3 Å². The Kier molecular flexibility index (Phi) is 8.16. The number of ether oxygens (including phenoxy) is 3. The van der Waals surface area contributed by atoms with Crippen LogP contribution in [0.25, 0.3) is 0 Å². The van der Waals surface area contributed by atoms with Gasteiger partial charge in [-0.1, -0.05) is 0 Å². The molecule has 1 aromatic heterocycles. The summed E-state index contributed by atoms with van der Waals surface area (Å²) in [5, 5.41) is 3.94. The normalized spacial score (nSPS) is 11.4. The van der Waals surface area contributed by atoms with Crippen LogP contribution >= 0.6 is 0 Å². The first-order valence-corrected chi connectivity index (χ1v) is 9.01. The third-order valence-electron chi connectivity index (χ3n) is 3.72. The molecule has 10 heteroatoms. The Balaban J connectivity index is 1.89. The molecule has 0 bridgehead atoms. The third-order valence-corrected chi connectivity index (χ3v) is 3.72. The largest absolute Gasteiger partial charge is 0.494 e. The second-order valence-electron chi connectivity index (χ2n) is 5.88. The summed E-state index contributed by atoms with van der Waals surface area (Å²) in [5.41, 5.74) is 4.13. The molecule has 0 aliphatic carbocycles. The Morgan fingerprint density at radius 1 is 1.10 bits per heavy atom. The first kappa shape index (κ1) is 21.9. The highest BCUT2D eigenvalue weighted by Crippen LogP contribution is 2.18. The number of carbonyl (C=O) groups excluding carboxylic acids is 2. The highest BCUT2D eigenvalue weighted by atomic mass is 16.5. The first-order chi connectivity index (χ1) is 13.9. The lowest BCUT2D eigenvalue weighted by molar-refractivity contribution is -0.128. The second-order valence-corrected chi connectivity index (χ2v) is 5.88. The van der Waals surface area contributed by atoms with Gasteiger partial charge in [0.15, 0.2) is 11.8 Å². The van der Waals surface area contributed by atoms with Crippen LogP contribution in [-0.2, 0) is 16.1 Å². The summed E-state index contributed by atoms with van der Waals surface area (Å²) < 4.78 is 16.9. The average molecular weight is 404 g/mol. The van der Waals surface area contributed by atoms with E-state index in [4.69, 9.17) is 14.2 Å². The second kappa shape index (κ2) is 10.8. The summed E-state index contributed by atoms with van der Waals surface area (Å²) in [6.07, 6.45) is -0.864. The number of hydrogen-bond donors (Lipinski definition) is 2. The van der Waals surface area contributed by atoms with E-state index in [1.807, 2.05) is 6.92 Å². The molecule has 0 radical (unpaired) electrons. The van der Waals surface area contributed by atoms with Crippen LogP contribution in [0.3, 0.4) is 0 Å². The SMILES string of the molecule is CCOc1ccc(OC(C)C(=O)NNC(=O)c2ccc(=O)n(CCOC)n2)cc1. The molecule has 1 aromatic carbocycles. The van der Waals surface area contributed by atoms with E-state index in [9.17, 15) is 14.4 Å². The van der Waals surface area contributed by atoms with E-state index < -0.39 is 17.9 Å². The standard InChI is InChI=1S/C19H24N4O6/c1-4-28-14-5-7-15(8-6-14)29-13(2)18(25)20-21-19(26)16-9-10-17(24)23(22-16)11-12-27-3/h5-10,13H,4,11-12H2,1-3H3,(H,20,25)(H,21,26). The maximum atomic E-state index is 12.2. The minimum atomic E-state index is -0.864. The number of methoxy groups -OCH3 is 1. The predicted octanol–water partition coefficient (Wildman–Crippen LogP) is 0.517. The lowest BCUT2D eigenvalue weighted by Crippen LogP contribution is -2.47. The first-order valence-electron chi connectivity index (χ1n) is 9.01. The molecule has 1 unspecified atom stereocenters. The lowest BCUT2D eigenvalue weighted by atomic mass is 10.3. The van der Waals surface area contributed by atoms with Gasteiger partial charge in [-0.05, 0) is 44.2 Å². The molecule has 1 heterocycles. The Morgan fingerprint density at radius 2 is 1.79 bits per heavy atom. The fourth-order valence-electron chi connectivity index (χ4n) is 2.23. The summed E-state index contributed by atoms with van der Waals surface area (Å²) in [4.78, 5) is 36.0. The van der Waals surface area contributed by atoms with E-state index in [1.165, 1.54) is 19.2 Å². The number of amides is 2. The van der Waals surface area contributed by atoms with Gasteiger partial charge in [-0.2, -0.15) is 5.10 Å². The minimum absolute atomic E-state index is 0.0268. The topological polar surface area (TPSA) is 121 Å². The van der Waals surface area contributed by atoms with Gasteiger partial charge in [0.05, 0.1) is 19.8 Å². The van der Waals surface area contributed by atoms with Crippen LogP contribution in [0, 0.1) is 0 Å². The van der Waals surface area contributed by atoms with Crippen molar-refractivity contribution < 1.29 is 23.8 Å². The Bertz CT molecular complexity index is 881. The van der Waals surface area contributed by atoms with Crippen molar-refractivity contribution in [1.82, 2.24) is 20.6 Å². The molecule has 2 N–H and O–H groups in total. The zero-order valence-electron chi connectivity index (χ0n) is 16.5. The lowest BCUT2D eigenvalue weighted by Gasteiger charge is -2.15. The molecule has 0 saturated heterocycles. The van der Waals surface area contributed by atoms with Crippen molar-refractivity contribution in [3.05, 3.63) is 52.4 Å². The smallest absolute Gasteiger partial charge is 0.290 e. The maximum Gasteiger partial charge on any atom is 0.290 e. The van der Waals surface area contributed by atoms with Crippen molar-refractivity contribution in [3.63, 3.8) is 0 Å². The molecule has 2 aromatic rings. The van der Waals surface area contributed by atoms with Gasteiger partial charge in [-0.15, -0.1) is 0 Å². The molecule has 0 saturated carbocycles. The fourth-order valence-corrected chi connectivity index (χ4v) is 2.23. The summed E-state index contributed by atoms with van der Waals surface area (Å²) in [5.74, 6) is -0.0457. The molecule has 1 atom stereocenters. The average Bonchev–Trinajstić information content (AvgIpc) is 2.72. The molecule has 2 amide bonds. The monoisotopic (exact) mass is 404 g/mol. The van der Waals surface area contributed by atoms with E-state index in [2.05, 4.69) is 16.0 Å². The molecule has 0 aliphatic heterocycles. The van der Waals surface area contributed by atoms with Crippen LogP contribution < -0.4 is 25.9 Å². The fraction of sp³-hybridized carbons (Fsp3) is 0.368. The van der Waals surface area contributed by atoms with Gasteiger partial charge >= 0.3 is 0 Å². The van der Waals surface area contributed by atoms with Crippen molar-refractivity contribution in [3.8, 4) is 11.5 Å². The summed E-state index contributed by atoms with van der Waals surface area (Å²) in [7, 11) is 1.49. The van der Waals surface area contributed by atoms with Crippen molar-refractivity contribution in [1.29, 1.82) is 0 Å². The summed E-state index contributed by atoms with van der Waals surface area (Å²) >= 11 is 0. The Morgan fingerprint density at radius 3 is 2.45 bits per heavy atom. The number of benzene rings is 1. The van der Waals surface area contributed by atoms with Gasteiger partial charge in [0.2, 0.25) is 0 Å². The zero-order chi connectivity index (χ0) is 21.2. The predicted molar refractivity (Wildman–Crippen MR) is 104 cm³/mol. The van der Waals surface area contributed by atoms with E-state index in [0.29, 0.717) is 18.1 Å². The molecule has 10 nitrogen and oxygen atoms in total. The van der Waals surface area contributed by atoms with Crippen molar-refractivity contribution in [2.45, 2.75) is 26.5 Å². The van der Waals surface area contributed by atoms with Crippen LogP contribution in [0.2, 0.25) is 0 Å². The third kappa shape index (κ3) is 6.61. The quantitative estimate of drug-likeness (QED) is 0.585. The number of hydrogen-bond acceptors (Lipinski definition) is 7. The minimum Gasteiger partial charge on any atom is -0.494 e. The highest BCUT2D eigenvalue weighted by molar-refractivity contribution is 5.93. The molecular formula is C19H24N4O6. The molecule has 29 heavy (non-hydrogen) atoms. The van der Waals surface area contributed by atoms with Gasteiger partial charge in [-0.3, -0.25) is 25.2 Å². The number of aromatic nitrogens is 2. The Hall–Kier alpha value is -3.40. The highest BCUT2D eigenvalue weighted by Gasteiger charge is 2.17. The molecule has 0 aliphatic rings. The van der Waals surface area contributed by atoms with E-state index in [1.54, 1.807) is 31.2 Å². The number of carbonyl (C=O) groups is 2. The van der Waals surface area contributed by atoms with Gasteiger partial charge < -0.3 is 14.2 Å². The molecular weight excluding hydrogens is 380 g/mol. The van der Waals surface area contributed by atoms with Crippen molar-refractivity contribution in [2.24, 2.45) is 0 Å². The number of rotatable bonds is 9. The van der Waals surface area contributed by atoms with E-state index in [-0.39, 0.29) is 24.4 Å². The molecule has 0 fully saturated rings. The van der Waals surface area contributed by atoms with Crippen LogP contribution in [0.5, 0.6) is 11.5 Å². The van der Waals surface area contributed by atoms with Crippen molar-refractivity contribution >= 4 is 11.8 Å². The van der Waals surface area contributed by atoms with E-state index in [0.717, 1.165) is 4.68 Å². The maximum absolute atomic E-state index is 12.2. The van der Waals surface area contributed by atoms with Gasteiger partial charge in [0.1, 0.15) is 11.5 Å². The Labute approximate surface area is 167 Å². The van der Waals surface area contributed by atoms with E-state index >= 15 is 0 Å². The van der Waals surface area contributed by atoms with Gasteiger partial charge in [-0.25, -0.2) is 4.68 Å². The van der Waals surface area contributed by atoms with Crippen LogP contribution in [-0.4, -0.2) is 48.0 Å².